The van der Waals surface area contributed by atoms with Crippen molar-refractivity contribution in [1.29, 1.82) is 0 Å². The molecule has 84 valence electrons. The molecule has 0 aliphatic rings. The second-order valence-electron chi connectivity index (χ2n) is 3.41. The average molecular weight is 229 g/mol. The molecule has 0 fully saturated rings. The Balaban J connectivity index is 2.27. The monoisotopic (exact) mass is 228 g/mol. The summed E-state index contributed by atoms with van der Waals surface area (Å²) in [4.78, 5) is 4.20. The topological polar surface area (TPSA) is 34.1 Å². The van der Waals surface area contributed by atoms with Gasteiger partial charge in [0.1, 0.15) is 0 Å². The van der Waals surface area contributed by atoms with Crippen molar-refractivity contribution < 1.29 is 4.74 Å². The molecule has 1 unspecified atom stereocenters. The van der Waals surface area contributed by atoms with Crippen LogP contribution in [0.3, 0.4) is 0 Å². The summed E-state index contributed by atoms with van der Waals surface area (Å²) < 4.78 is 5.30. The Morgan fingerprint density at radius 1 is 1.53 bits per heavy atom. The van der Waals surface area contributed by atoms with E-state index in [1.165, 1.54) is 0 Å². The Morgan fingerprint density at radius 3 is 2.93 bits per heavy atom. The maximum Gasteiger partial charge on any atom is 0.0616 e. The van der Waals surface area contributed by atoms with Crippen LogP contribution in [0.4, 0.5) is 0 Å². The standard InChI is InChI=1S/C11H17ClN2O/c1-3-15-8-9(2)13-7-11-5-4-10(12)6-14-11/h4-6,9,13H,3,7-8H2,1-2H3. The summed E-state index contributed by atoms with van der Waals surface area (Å²) in [5.41, 5.74) is 0.989. The SMILES string of the molecule is CCOCC(C)NCc1ccc(Cl)cn1. The molecule has 1 heterocycles. The van der Waals surface area contributed by atoms with Gasteiger partial charge in [0.25, 0.3) is 0 Å². The first-order valence-corrected chi connectivity index (χ1v) is 5.51. The van der Waals surface area contributed by atoms with E-state index in [1.54, 1.807) is 6.20 Å². The molecule has 0 radical (unpaired) electrons. The first-order valence-electron chi connectivity index (χ1n) is 5.14. The van der Waals surface area contributed by atoms with E-state index in [0.29, 0.717) is 11.1 Å². The van der Waals surface area contributed by atoms with Gasteiger partial charge in [-0.2, -0.15) is 0 Å². The summed E-state index contributed by atoms with van der Waals surface area (Å²) in [5, 5.41) is 3.99. The van der Waals surface area contributed by atoms with E-state index in [2.05, 4.69) is 17.2 Å². The second kappa shape index (κ2) is 6.77. The highest BCUT2D eigenvalue weighted by Crippen LogP contribution is 2.05. The van der Waals surface area contributed by atoms with Gasteiger partial charge in [0.05, 0.1) is 17.3 Å². The van der Waals surface area contributed by atoms with Gasteiger partial charge in [-0.1, -0.05) is 11.6 Å². The van der Waals surface area contributed by atoms with Crippen molar-refractivity contribution in [2.75, 3.05) is 13.2 Å². The van der Waals surface area contributed by atoms with Gasteiger partial charge >= 0.3 is 0 Å². The Kier molecular flexibility index (Phi) is 5.61. The fraction of sp³-hybridized carbons (Fsp3) is 0.545. The molecule has 1 aromatic rings. The minimum absolute atomic E-state index is 0.336. The van der Waals surface area contributed by atoms with Crippen LogP contribution < -0.4 is 5.32 Å². The molecule has 0 bridgehead atoms. The van der Waals surface area contributed by atoms with Crippen LogP contribution in [-0.2, 0) is 11.3 Å². The third-order valence-corrected chi connectivity index (χ3v) is 2.22. The van der Waals surface area contributed by atoms with Crippen molar-refractivity contribution in [3.63, 3.8) is 0 Å². The quantitative estimate of drug-likeness (QED) is 0.811. The Hall–Kier alpha value is -0.640. The summed E-state index contributed by atoms with van der Waals surface area (Å²) in [6.07, 6.45) is 1.66. The van der Waals surface area contributed by atoms with Gasteiger partial charge in [-0.25, -0.2) is 0 Å². The highest BCUT2D eigenvalue weighted by Gasteiger charge is 2.01. The number of ether oxygens (including phenoxy) is 1. The average Bonchev–Trinajstić information content (AvgIpc) is 2.25. The minimum atomic E-state index is 0.336. The molecule has 0 spiro atoms. The van der Waals surface area contributed by atoms with Gasteiger partial charge in [0, 0.05) is 25.4 Å². The highest BCUT2D eigenvalue weighted by atomic mass is 35.5. The molecular formula is C11H17ClN2O. The molecular weight excluding hydrogens is 212 g/mol. The molecule has 0 saturated carbocycles. The first-order chi connectivity index (χ1) is 7.22. The van der Waals surface area contributed by atoms with Gasteiger partial charge in [0.15, 0.2) is 0 Å². The Bertz CT molecular complexity index is 276. The zero-order chi connectivity index (χ0) is 11.1. The maximum atomic E-state index is 5.74. The lowest BCUT2D eigenvalue weighted by molar-refractivity contribution is 0.127. The van der Waals surface area contributed by atoms with Crippen LogP contribution in [0.25, 0.3) is 0 Å². The molecule has 1 rings (SSSR count). The van der Waals surface area contributed by atoms with Gasteiger partial charge in [-0.3, -0.25) is 4.98 Å². The third kappa shape index (κ3) is 5.11. The molecule has 1 N–H and O–H groups in total. The molecule has 0 amide bonds. The van der Waals surface area contributed by atoms with Crippen LogP contribution in [0.15, 0.2) is 18.3 Å². The highest BCUT2D eigenvalue weighted by molar-refractivity contribution is 6.30. The van der Waals surface area contributed by atoms with E-state index in [0.717, 1.165) is 25.5 Å². The van der Waals surface area contributed by atoms with E-state index in [9.17, 15) is 0 Å². The van der Waals surface area contributed by atoms with Crippen LogP contribution >= 0.6 is 11.6 Å². The number of halogens is 1. The maximum absolute atomic E-state index is 5.74. The minimum Gasteiger partial charge on any atom is -0.380 e. The van der Waals surface area contributed by atoms with Crippen LogP contribution in [0.5, 0.6) is 0 Å². The fourth-order valence-corrected chi connectivity index (χ4v) is 1.26. The summed E-state index contributed by atoms with van der Waals surface area (Å²) in [6.45, 7) is 6.31. The summed E-state index contributed by atoms with van der Waals surface area (Å²) >= 11 is 5.74. The van der Waals surface area contributed by atoms with Crippen molar-refractivity contribution in [3.05, 3.63) is 29.0 Å². The summed E-state index contributed by atoms with van der Waals surface area (Å²) in [5.74, 6) is 0. The predicted octanol–water partition coefficient (Wildman–Crippen LogP) is 2.25. The molecule has 1 aromatic heterocycles. The van der Waals surface area contributed by atoms with Crippen LogP contribution in [0, 0.1) is 0 Å². The number of rotatable bonds is 6. The first kappa shape index (κ1) is 12.4. The van der Waals surface area contributed by atoms with Crippen LogP contribution in [-0.4, -0.2) is 24.2 Å². The smallest absolute Gasteiger partial charge is 0.0616 e. The largest absolute Gasteiger partial charge is 0.380 e. The van der Waals surface area contributed by atoms with Gasteiger partial charge in [-0.15, -0.1) is 0 Å². The number of nitrogens with zero attached hydrogens (tertiary/aromatic N) is 1. The fourth-order valence-electron chi connectivity index (χ4n) is 1.14. The van der Waals surface area contributed by atoms with Crippen molar-refractivity contribution in [2.24, 2.45) is 0 Å². The van der Waals surface area contributed by atoms with Gasteiger partial charge in [-0.05, 0) is 26.0 Å². The zero-order valence-electron chi connectivity index (χ0n) is 9.16. The number of hydrogen-bond acceptors (Lipinski definition) is 3. The number of aromatic nitrogens is 1. The van der Waals surface area contributed by atoms with Gasteiger partial charge in [0.2, 0.25) is 0 Å². The molecule has 0 aliphatic heterocycles. The second-order valence-corrected chi connectivity index (χ2v) is 3.85. The van der Waals surface area contributed by atoms with E-state index < -0.39 is 0 Å². The zero-order valence-corrected chi connectivity index (χ0v) is 9.92. The molecule has 0 aliphatic carbocycles. The van der Waals surface area contributed by atoms with Crippen molar-refractivity contribution in [1.82, 2.24) is 10.3 Å². The number of nitrogens with one attached hydrogen (secondary N) is 1. The molecule has 3 nitrogen and oxygen atoms in total. The molecule has 4 heteroatoms. The van der Waals surface area contributed by atoms with E-state index in [1.807, 2.05) is 19.1 Å². The molecule has 0 aromatic carbocycles. The van der Waals surface area contributed by atoms with Crippen LogP contribution in [0.1, 0.15) is 19.5 Å². The number of pyridine rings is 1. The molecule has 1 atom stereocenters. The van der Waals surface area contributed by atoms with Crippen molar-refractivity contribution in [2.45, 2.75) is 26.4 Å². The number of hydrogen-bond donors (Lipinski definition) is 1. The Labute approximate surface area is 95.8 Å². The van der Waals surface area contributed by atoms with Crippen molar-refractivity contribution in [3.8, 4) is 0 Å². The lowest BCUT2D eigenvalue weighted by Crippen LogP contribution is -2.30. The normalized spacial score (nSPS) is 12.7. The van der Waals surface area contributed by atoms with E-state index in [-0.39, 0.29) is 0 Å². The summed E-state index contributed by atoms with van der Waals surface area (Å²) in [6, 6.07) is 4.10. The van der Waals surface area contributed by atoms with Crippen molar-refractivity contribution >= 4 is 11.6 Å². The summed E-state index contributed by atoms with van der Waals surface area (Å²) in [7, 11) is 0. The third-order valence-electron chi connectivity index (χ3n) is 1.99. The molecule has 0 saturated heterocycles. The predicted molar refractivity (Wildman–Crippen MR) is 62.0 cm³/mol. The van der Waals surface area contributed by atoms with E-state index >= 15 is 0 Å². The van der Waals surface area contributed by atoms with E-state index in [4.69, 9.17) is 16.3 Å². The Morgan fingerprint density at radius 2 is 2.33 bits per heavy atom. The molecule has 15 heavy (non-hydrogen) atoms. The van der Waals surface area contributed by atoms with Crippen LogP contribution in [0.2, 0.25) is 5.02 Å². The van der Waals surface area contributed by atoms with Gasteiger partial charge < -0.3 is 10.1 Å². The lowest BCUT2D eigenvalue weighted by Gasteiger charge is -2.12. The lowest BCUT2D eigenvalue weighted by atomic mass is 10.3.